The van der Waals surface area contributed by atoms with Crippen LogP contribution in [0.5, 0.6) is 0 Å². The quantitative estimate of drug-likeness (QED) is 0.769. The van der Waals surface area contributed by atoms with Gasteiger partial charge in [-0.15, -0.1) is 0 Å². The lowest BCUT2D eigenvalue weighted by Gasteiger charge is -2.40. The molecule has 124 valence electrons. The van der Waals surface area contributed by atoms with Crippen LogP contribution >= 0.6 is 0 Å². The standard InChI is InChI=1S/C18H35NO2/c1-16(2,3)13-18(6,19-7)15(20)21-17(4,5)14-11-9-8-10-12-14/h14,19H,8-13H2,1-7H3. The van der Waals surface area contributed by atoms with Crippen LogP contribution in [-0.4, -0.2) is 24.2 Å². The summed E-state index contributed by atoms with van der Waals surface area (Å²) < 4.78 is 5.98. The molecule has 1 rings (SSSR count). The van der Waals surface area contributed by atoms with Gasteiger partial charge in [-0.25, -0.2) is 0 Å². The molecule has 3 nitrogen and oxygen atoms in total. The van der Waals surface area contributed by atoms with Crippen molar-refractivity contribution >= 4 is 5.97 Å². The first-order valence-electron chi connectivity index (χ1n) is 8.42. The van der Waals surface area contributed by atoms with Gasteiger partial charge in [0.2, 0.25) is 0 Å². The predicted octanol–water partition coefficient (Wildman–Crippen LogP) is 4.30. The molecule has 0 radical (unpaired) electrons. The van der Waals surface area contributed by atoms with Crippen molar-refractivity contribution in [2.75, 3.05) is 7.05 Å². The van der Waals surface area contributed by atoms with Crippen molar-refractivity contribution in [3.05, 3.63) is 0 Å². The van der Waals surface area contributed by atoms with E-state index < -0.39 is 5.54 Å². The topological polar surface area (TPSA) is 38.3 Å². The molecule has 0 saturated heterocycles. The van der Waals surface area contributed by atoms with Crippen LogP contribution in [0.4, 0.5) is 0 Å². The molecule has 1 atom stereocenters. The predicted molar refractivity (Wildman–Crippen MR) is 88.3 cm³/mol. The molecule has 0 aromatic rings. The lowest BCUT2D eigenvalue weighted by Crippen LogP contribution is -2.54. The minimum Gasteiger partial charge on any atom is -0.458 e. The molecule has 1 N–H and O–H groups in total. The minimum atomic E-state index is -0.621. The Balaban J connectivity index is 2.76. The molecule has 3 heteroatoms. The van der Waals surface area contributed by atoms with Crippen molar-refractivity contribution in [3.63, 3.8) is 0 Å². The van der Waals surface area contributed by atoms with Crippen LogP contribution in [0.2, 0.25) is 0 Å². The van der Waals surface area contributed by atoms with Crippen LogP contribution in [0.1, 0.15) is 80.1 Å². The second-order valence-corrected chi connectivity index (χ2v) is 8.65. The molecular formula is C18H35NO2. The average molecular weight is 297 g/mol. The van der Waals surface area contributed by atoms with E-state index in [4.69, 9.17) is 4.74 Å². The molecule has 0 heterocycles. The van der Waals surface area contributed by atoms with E-state index in [2.05, 4.69) is 39.9 Å². The van der Waals surface area contributed by atoms with Crippen molar-refractivity contribution in [3.8, 4) is 0 Å². The van der Waals surface area contributed by atoms with Gasteiger partial charge in [-0.05, 0) is 58.4 Å². The number of rotatable bonds is 5. The lowest BCUT2D eigenvalue weighted by atomic mass is 9.78. The fourth-order valence-corrected chi connectivity index (χ4v) is 3.56. The summed E-state index contributed by atoms with van der Waals surface area (Å²) in [5.41, 5.74) is -0.913. The summed E-state index contributed by atoms with van der Waals surface area (Å²) in [6, 6.07) is 0. The molecule has 21 heavy (non-hydrogen) atoms. The number of ether oxygens (including phenoxy) is 1. The Hall–Kier alpha value is -0.570. The van der Waals surface area contributed by atoms with Crippen molar-refractivity contribution in [1.29, 1.82) is 0 Å². The molecule has 1 aliphatic carbocycles. The van der Waals surface area contributed by atoms with E-state index in [1.54, 1.807) is 0 Å². The molecule has 0 spiro atoms. The summed E-state index contributed by atoms with van der Waals surface area (Å²) in [5, 5.41) is 3.19. The van der Waals surface area contributed by atoms with Gasteiger partial charge in [-0.2, -0.15) is 0 Å². The smallest absolute Gasteiger partial charge is 0.326 e. The number of nitrogens with one attached hydrogen (secondary N) is 1. The van der Waals surface area contributed by atoms with E-state index in [9.17, 15) is 4.79 Å². The Morgan fingerprint density at radius 2 is 1.57 bits per heavy atom. The van der Waals surface area contributed by atoms with E-state index >= 15 is 0 Å². The number of carbonyl (C=O) groups is 1. The van der Waals surface area contributed by atoms with Gasteiger partial charge < -0.3 is 10.1 Å². The fraction of sp³-hybridized carbons (Fsp3) is 0.944. The number of hydrogen-bond acceptors (Lipinski definition) is 3. The first kappa shape index (κ1) is 18.5. The normalized spacial score (nSPS) is 20.9. The zero-order chi connectivity index (χ0) is 16.3. The summed E-state index contributed by atoms with van der Waals surface area (Å²) in [7, 11) is 1.85. The Morgan fingerprint density at radius 3 is 2.00 bits per heavy atom. The Kier molecular flexibility index (Phi) is 5.88. The van der Waals surface area contributed by atoms with Gasteiger partial charge in [-0.3, -0.25) is 4.79 Å². The molecule has 1 aliphatic rings. The summed E-state index contributed by atoms with van der Waals surface area (Å²) in [5.74, 6) is 0.376. The maximum atomic E-state index is 12.7. The minimum absolute atomic E-state index is 0.0752. The van der Waals surface area contributed by atoms with Crippen LogP contribution in [0.3, 0.4) is 0 Å². The summed E-state index contributed by atoms with van der Waals surface area (Å²) in [6.07, 6.45) is 6.95. The monoisotopic (exact) mass is 297 g/mol. The van der Waals surface area contributed by atoms with Gasteiger partial charge in [0.25, 0.3) is 0 Å². The van der Waals surface area contributed by atoms with E-state index in [-0.39, 0.29) is 17.0 Å². The van der Waals surface area contributed by atoms with Crippen LogP contribution in [0.25, 0.3) is 0 Å². The van der Waals surface area contributed by atoms with Crippen LogP contribution in [0.15, 0.2) is 0 Å². The zero-order valence-corrected chi connectivity index (χ0v) is 15.1. The van der Waals surface area contributed by atoms with Crippen LogP contribution < -0.4 is 5.32 Å². The molecule has 0 bridgehead atoms. The van der Waals surface area contributed by atoms with Crippen molar-refractivity contribution in [2.45, 2.75) is 91.2 Å². The molecule has 0 amide bonds. The van der Waals surface area contributed by atoms with Gasteiger partial charge >= 0.3 is 5.97 Å². The first-order chi connectivity index (χ1) is 9.50. The highest BCUT2D eigenvalue weighted by Gasteiger charge is 2.42. The Bertz CT molecular complexity index is 351. The molecule has 0 aliphatic heterocycles. The maximum absolute atomic E-state index is 12.7. The molecule has 0 aromatic heterocycles. The van der Waals surface area contributed by atoms with Crippen LogP contribution in [0, 0.1) is 11.3 Å². The lowest BCUT2D eigenvalue weighted by molar-refractivity contribution is -0.171. The molecular weight excluding hydrogens is 262 g/mol. The van der Waals surface area contributed by atoms with Crippen LogP contribution in [-0.2, 0) is 9.53 Å². The first-order valence-corrected chi connectivity index (χ1v) is 8.42. The molecule has 1 saturated carbocycles. The van der Waals surface area contributed by atoms with Crippen molar-refractivity contribution < 1.29 is 9.53 Å². The number of esters is 1. The van der Waals surface area contributed by atoms with E-state index in [1.165, 1.54) is 32.1 Å². The largest absolute Gasteiger partial charge is 0.458 e. The average Bonchev–Trinajstić information content (AvgIpc) is 2.37. The summed E-state index contributed by atoms with van der Waals surface area (Å²) in [4.78, 5) is 12.7. The summed E-state index contributed by atoms with van der Waals surface area (Å²) >= 11 is 0. The van der Waals surface area contributed by atoms with Gasteiger partial charge in [0.05, 0.1) is 0 Å². The highest BCUT2D eigenvalue weighted by Crippen LogP contribution is 2.36. The highest BCUT2D eigenvalue weighted by molar-refractivity contribution is 5.80. The van der Waals surface area contributed by atoms with Gasteiger partial charge in [0.15, 0.2) is 0 Å². The summed E-state index contributed by atoms with van der Waals surface area (Å²) in [6.45, 7) is 12.6. The second kappa shape index (κ2) is 6.68. The number of likely N-dealkylation sites (N-methyl/N-ethyl adjacent to an activating group) is 1. The van der Waals surface area contributed by atoms with Gasteiger partial charge in [0.1, 0.15) is 11.1 Å². The maximum Gasteiger partial charge on any atom is 0.326 e. The van der Waals surface area contributed by atoms with E-state index in [0.717, 1.165) is 6.42 Å². The Morgan fingerprint density at radius 1 is 1.05 bits per heavy atom. The SMILES string of the molecule is CNC(C)(CC(C)(C)C)C(=O)OC(C)(C)C1CCCCC1. The fourth-order valence-electron chi connectivity index (χ4n) is 3.56. The zero-order valence-electron chi connectivity index (χ0n) is 15.1. The molecule has 0 aromatic carbocycles. The molecule has 1 fully saturated rings. The second-order valence-electron chi connectivity index (χ2n) is 8.65. The third kappa shape index (κ3) is 5.28. The molecule has 1 unspecified atom stereocenters. The third-order valence-electron chi connectivity index (χ3n) is 4.83. The third-order valence-corrected chi connectivity index (χ3v) is 4.83. The number of hydrogen-bond donors (Lipinski definition) is 1. The van der Waals surface area contributed by atoms with E-state index in [1.807, 2.05) is 14.0 Å². The Labute approximate surface area is 131 Å². The number of carbonyl (C=O) groups excluding carboxylic acids is 1. The van der Waals surface area contributed by atoms with Crippen molar-refractivity contribution in [2.24, 2.45) is 11.3 Å². The van der Waals surface area contributed by atoms with Crippen molar-refractivity contribution in [1.82, 2.24) is 5.32 Å². The highest BCUT2D eigenvalue weighted by atomic mass is 16.6. The van der Waals surface area contributed by atoms with E-state index in [0.29, 0.717) is 5.92 Å². The van der Waals surface area contributed by atoms with Gasteiger partial charge in [0, 0.05) is 0 Å². The van der Waals surface area contributed by atoms with Gasteiger partial charge in [-0.1, -0.05) is 40.0 Å².